The maximum atomic E-state index is 5.76. The van der Waals surface area contributed by atoms with Gasteiger partial charge in [0, 0.05) is 0 Å². The second kappa shape index (κ2) is 6.15. The van der Waals surface area contributed by atoms with Crippen LogP contribution in [0.15, 0.2) is 12.7 Å². The highest BCUT2D eigenvalue weighted by atomic mass is 35.5. The van der Waals surface area contributed by atoms with Gasteiger partial charge in [-0.15, -0.1) is 18.2 Å². The first-order valence-electron chi connectivity index (χ1n) is 3.37. The molecular weight excluding hydrogens is 132 g/mol. The summed E-state index contributed by atoms with van der Waals surface area (Å²) in [5.74, 6) is 0. The van der Waals surface area contributed by atoms with Crippen LogP contribution in [0.2, 0.25) is 0 Å². The first kappa shape index (κ1) is 9.03. The highest BCUT2D eigenvalue weighted by Gasteiger charge is 1.95. The van der Waals surface area contributed by atoms with Crippen LogP contribution < -0.4 is 0 Å². The van der Waals surface area contributed by atoms with Crippen LogP contribution in [-0.2, 0) is 0 Å². The number of hydrogen-bond acceptors (Lipinski definition) is 0. The zero-order valence-electron chi connectivity index (χ0n) is 5.78. The quantitative estimate of drug-likeness (QED) is 0.317. The molecule has 0 saturated carbocycles. The Labute approximate surface area is 62.9 Å². The standard InChI is InChI=1S/C8H14Cl/c1-3-5-6-7-8(9)4-2/h4,8H,1-3,5-7H2. The fourth-order valence-corrected chi connectivity index (χ4v) is 0.788. The van der Waals surface area contributed by atoms with Crippen molar-refractivity contribution in [2.24, 2.45) is 0 Å². The van der Waals surface area contributed by atoms with Crippen molar-refractivity contribution in [3.63, 3.8) is 0 Å². The van der Waals surface area contributed by atoms with Crippen molar-refractivity contribution in [3.05, 3.63) is 19.6 Å². The van der Waals surface area contributed by atoms with E-state index in [-0.39, 0.29) is 5.38 Å². The Morgan fingerprint density at radius 1 is 1.44 bits per heavy atom. The van der Waals surface area contributed by atoms with Crippen LogP contribution in [0.5, 0.6) is 0 Å². The normalized spacial score (nSPS) is 13.1. The molecule has 1 unspecified atom stereocenters. The molecule has 0 spiro atoms. The third-order valence-electron chi connectivity index (χ3n) is 1.24. The van der Waals surface area contributed by atoms with Crippen LogP contribution in [0.25, 0.3) is 0 Å². The maximum absolute atomic E-state index is 5.76. The largest absolute Gasteiger partial charge is 0.118 e. The molecule has 0 aliphatic carbocycles. The molecule has 0 aromatic heterocycles. The molecule has 0 aliphatic heterocycles. The first-order chi connectivity index (χ1) is 4.31. The molecule has 0 aliphatic rings. The van der Waals surface area contributed by atoms with Gasteiger partial charge in [0.25, 0.3) is 0 Å². The van der Waals surface area contributed by atoms with Gasteiger partial charge in [-0.3, -0.25) is 0 Å². The van der Waals surface area contributed by atoms with Gasteiger partial charge in [0.15, 0.2) is 0 Å². The van der Waals surface area contributed by atoms with E-state index in [0.717, 1.165) is 12.8 Å². The summed E-state index contributed by atoms with van der Waals surface area (Å²) in [6, 6.07) is 0. The minimum absolute atomic E-state index is 0.163. The molecule has 0 saturated heterocycles. The van der Waals surface area contributed by atoms with Crippen molar-refractivity contribution in [1.29, 1.82) is 0 Å². The Kier molecular flexibility index (Phi) is 6.18. The number of alkyl halides is 1. The lowest BCUT2D eigenvalue weighted by Crippen LogP contribution is -1.91. The fourth-order valence-electron chi connectivity index (χ4n) is 0.634. The van der Waals surface area contributed by atoms with Crippen LogP contribution in [0.1, 0.15) is 25.7 Å². The monoisotopic (exact) mass is 145 g/mol. The van der Waals surface area contributed by atoms with Crippen molar-refractivity contribution >= 4 is 11.6 Å². The van der Waals surface area contributed by atoms with Gasteiger partial charge < -0.3 is 0 Å². The molecule has 9 heavy (non-hydrogen) atoms. The van der Waals surface area contributed by atoms with E-state index >= 15 is 0 Å². The molecule has 0 nitrogen and oxygen atoms in total. The van der Waals surface area contributed by atoms with E-state index in [0.29, 0.717) is 0 Å². The van der Waals surface area contributed by atoms with E-state index in [1.807, 2.05) is 0 Å². The van der Waals surface area contributed by atoms with Crippen molar-refractivity contribution < 1.29 is 0 Å². The molecule has 0 rings (SSSR count). The summed E-state index contributed by atoms with van der Waals surface area (Å²) < 4.78 is 0. The highest BCUT2D eigenvalue weighted by molar-refractivity contribution is 6.21. The second-order valence-electron chi connectivity index (χ2n) is 2.10. The van der Waals surface area contributed by atoms with Gasteiger partial charge in [-0.05, 0) is 6.42 Å². The Hall–Kier alpha value is 0.0300. The molecule has 0 amide bonds. The van der Waals surface area contributed by atoms with Gasteiger partial charge in [-0.1, -0.05) is 32.3 Å². The molecule has 1 heteroatoms. The maximum Gasteiger partial charge on any atom is 0.0513 e. The second-order valence-corrected chi connectivity index (χ2v) is 2.66. The minimum Gasteiger partial charge on any atom is -0.118 e. The first-order valence-corrected chi connectivity index (χ1v) is 3.80. The summed E-state index contributed by atoms with van der Waals surface area (Å²) in [7, 11) is 0. The van der Waals surface area contributed by atoms with Crippen molar-refractivity contribution in [3.8, 4) is 0 Å². The van der Waals surface area contributed by atoms with E-state index < -0.39 is 0 Å². The zero-order chi connectivity index (χ0) is 7.11. The number of halogens is 1. The number of rotatable bonds is 5. The molecule has 0 bridgehead atoms. The van der Waals surface area contributed by atoms with Gasteiger partial charge >= 0.3 is 0 Å². The molecule has 0 aromatic rings. The van der Waals surface area contributed by atoms with Crippen LogP contribution in [0.3, 0.4) is 0 Å². The van der Waals surface area contributed by atoms with Crippen molar-refractivity contribution in [1.82, 2.24) is 0 Å². The van der Waals surface area contributed by atoms with E-state index in [1.165, 1.54) is 12.8 Å². The highest BCUT2D eigenvalue weighted by Crippen LogP contribution is 2.08. The molecule has 1 radical (unpaired) electrons. The Balaban J connectivity index is 2.96. The third-order valence-corrected chi connectivity index (χ3v) is 1.63. The average Bonchev–Trinajstić information content (AvgIpc) is 1.89. The van der Waals surface area contributed by atoms with E-state index in [4.69, 9.17) is 11.6 Å². The van der Waals surface area contributed by atoms with Crippen molar-refractivity contribution in [2.45, 2.75) is 31.1 Å². The predicted molar refractivity (Wildman–Crippen MR) is 43.7 cm³/mol. The lowest BCUT2D eigenvalue weighted by Gasteiger charge is -2.00. The summed E-state index contributed by atoms with van der Waals surface area (Å²) in [6.45, 7) is 7.33. The Bertz CT molecular complexity index is 69.0. The molecule has 0 heterocycles. The number of unbranched alkanes of at least 4 members (excludes halogenated alkanes) is 2. The molecule has 1 atom stereocenters. The molecule has 0 fully saturated rings. The molecule has 53 valence electrons. The Morgan fingerprint density at radius 3 is 2.56 bits per heavy atom. The van der Waals surface area contributed by atoms with Crippen LogP contribution in [-0.4, -0.2) is 5.38 Å². The minimum atomic E-state index is 0.163. The zero-order valence-corrected chi connectivity index (χ0v) is 6.53. The van der Waals surface area contributed by atoms with E-state index in [2.05, 4.69) is 13.5 Å². The Morgan fingerprint density at radius 2 is 2.11 bits per heavy atom. The van der Waals surface area contributed by atoms with Gasteiger partial charge in [-0.2, -0.15) is 0 Å². The number of allylic oxidation sites excluding steroid dienone is 1. The fraction of sp³-hybridized carbons (Fsp3) is 0.625. The molecule has 0 N–H and O–H groups in total. The van der Waals surface area contributed by atoms with E-state index in [9.17, 15) is 0 Å². The predicted octanol–water partition coefficient (Wildman–Crippen LogP) is 3.17. The molecule has 0 aromatic carbocycles. The summed E-state index contributed by atoms with van der Waals surface area (Å²) in [6.07, 6.45) is 6.19. The summed E-state index contributed by atoms with van der Waals surface area (Å²) in [4.78, 5) is 0. The lowest BCUT2D eigenvalue weighted by molar-refractivity contribution is 0.699. The van der Waals surface area contributed by atoms with E-state index in [1.54, 1.807) is 6.08 Å². The summed E-state index contributed by atoms with van der Waals surface area (Å²) >= 11 is 5.76. The van der Waals surface area contributed by atoms with Crippen molar-refractivity contribution in [2.75, 3.05) is 0 Å². The summed E-state index contributed by atoms with van der Waals surface area (Å²) in [5, 5.41) is 0.163. The van der Waals surface area contributed by atoms with Gasteiger partial charge in [0.1, 0.15) is 0 Å². The van der Waals surface area contributed by atoms with Gasteiger partial charge in [0.2, 0.25) is 0 Å². The third kappa shape index (κ3) is 5.91. The average molecular weight is 146 g/mol. The lowest BCUT2D eigenvalue weighted by atomic mass is 10.1. The SMILES string of the molecule is [CH2]CCCCC(Cl)C=C. The smallest absolute Gasteiger partial charge is 0.0513 e. The van der Waals surface area contributed by atoms with Crippen LogP contribution >= 0.6 is 11.6 Å². The van der Waals surface area contributed by atoms with Crippen LogP contribution in [0, 0.1) is 6.92 Å². The topological polar surface area (TPSA) is 0 Å². The van der Waals surface area contributed by atoms with Crippen LogP contribution in [0.4, 0.5) is 0 Å². The van der Waals surface area contributed by atoms with Gasteiger partial charge in [0.05, 0.1) is 5.38 Å². The molecular formula is C8H14Cl. The van der Waals surface area contributed by atoms with Gasteiger partial charge in [-0.25, -0.2) is 0 Å². The summed E-state index contributed by atoms with van der Waals surface area (Å²) in [5.41, 5.74) is 0. The number of hydrogen-bond donors (Lipinski definition) is 0.